The highest BCUT2D eigenvalue weighted by Crippen LogP contribution is 2.28. The number of halogens is 3. The van der Waals surface area contributed by atoms with Gasteiger partial charge in [0.2, 0.25) is 11.8 Å². The highest BCUT2D eigenvalue weighted by molar-refractivity contribution is 6.30. The van der Waals surface area contributed by atoms with Crippen molar-refractivity contribution in [2.24, 2.45) is 5.92 Å². The molecule has 0 unspecified atom stereocenters. The van der Waals surface area contributed by atoms with Crippen molar-refractivity contribution in [2.75, 3.05) is 5.88 Å². The molecule has 1 fully saturated rings. The van der Waals surface area contributed by atoms with E-state index in [2.05, 4.69) is 12.2 Å². The third-order valence-electron chi connectivity index (χ3n) is 5.89. The fourth-order valence-corrected chi connectivity index (χ4v) is 4.38. The molecule has 1 N–H and O–H groups in total. The van der Waals surface area contributed by atoms with Gasteiger partial charge in [-0.25, -0.2) is 4.39 Å². The van der Waals surface area contributed by atoms with Crippen LogP contribution in [0.25, 0.3) is 0 Å². The van der Waals surface area contributed by atoms with E-state index in [9.17, 15) is 14.0 Å². The van der Waals surface area contributed by atoms with Gasteiger partial charge in [-0.1, -0.05) is 55.6 Å². The van der Waals surface area contributed by atoms with Crippen molar-refractivity contribution in [3.05, 3.63) is 70.5 Å². The second-order valence-electron chi connectivity index (χ2n) is 8.11. The predicted octanol–water partition coefficient (Wildman–Crippen LogP) is 5.48. The number of amides is 2. The van der Waals surface area contributed by atoms with Gasteiger partial charge in [-0.3, -0.25) is 9.59 Å². The topological polar surface area (TPSA) is 49.4 Å². The van der Waals surface area contributed by atoms with Crippen LogP contribution >= 0.6 is 23.2 Å². The number of rotatable bonds is 7. The Morgan fingerprint density at radius 1 is 1.10 bits per heavy atom. The van der Waals surface area contributed by atoms with Crippen LogP contribution in [0.3, 0.4) is 0 Å². The van der Waals surface area contributed by atoms with E-state index in [1.54, 1.807) is 36.4 Å². The number of carbonyl (C=O) groups is 2. The molecule has 2 amide bonds. The molecule has 3 atom stereocenters. The molecule has 0 heterocycles. The van der Waals surface area contributed by atoms with Crippen molar-refractivity contribution in [1.29, 1.82) is 0 Å². The minimum atomic E-state index is -0.873. The van der Waals surface area contributed by atoms with Crippen LogP contribution < -0.4 is 5.32 Å². The maximum atomic E-state index is 13.5. The first-order valence-corrected chi connectivity index (χ1v) is 11.5. The Morgan fingerprint density at radius 2 is 1.74 bits per heavy atom. The molecular formula is C24H27Cl2FN2O2. The average molecular weight is 465 g/mol. The molecule has 0 bridgehead atoms. The van der Waals surface area contributed by atoms with Crippen LogP contribution in [0.1, 0.15) is 49.8 Å². The Kier molecular flexibility index (Phi) is 8.33. The second kappa shape index (κ2) is 11.0. The number of benzene rings is 2. The van der Waals surface area contributed by atoms with E-state index in [1.807, 2.05) is 0 Å². The van der Waals surface area contributed by atoms with Crippen LogP contribution in [0.4, 0.5) is 4.39 Å². The van der Waals surface area contributed by atoms with Gasteiger partial charge < -0.3 is 10.2 Å². The van der Waals surface area contributed by atoms with Crippen molar-refractivity contribution >= 4 is 35.0 Å². The molecule has 0 spiro atoms. The van der Waals surface area contributed by atoms with Crippen molar-refractivity contribution < 1.29 is 14.0 Å². The lowest BCUT2D eigenvalue weighted by atomic mass is 9.85. The zero-order valence-corrected chi connectivity index (χ0v) is 19.0. The van der Waals surface area contributed by atoms with E-state index < -0.39 is 6.04 Å². The number of carbonyl (C=O) groups excluding carboxylic acids is 2. The minimum absolute atomic E-state index is 0.0647. The van der Waals surface area contributed by atoms with Gasteiger partial charge in [0.05, 0.1) is 0 Å². The van der Waals surface area contributed by atoms with E-state index >= 15 is 0 Å². The van der Waals surface area contributed by atoms with Crippen LogP contribution in [0.2, 0.25) is 5.02 Å². The molecule has 1 saturated carbocycles. The van der Waals surface area contributed by atoms with Gasteiger partial charge in [-0.15, -0.1) is 11.6 Å². The highest BCUT2D eigenvalue weighted by Gasteiger charge is 2.33. The molecule has 0 radical (unpaired) electrons. The molecule has 7 heteroatoms. The third kappa shape index (κ3) is 6.20. The molecule has 4 nitrogen and oxygen atoms in total. The summed E-state index contributed by atoms with van der Waals surface area (Å²) in [5.74, 6) is -0.882. The van der Waals surface area contributed by atoms with Crippen molar-refractivity contribution in [2.45, 2.75) is 51.2 Å². The lowest BCUT2D eigenvalue weighted by Gasteiger charge is -2.35. The Labute approximate surface area is 192 Å². The first kappa shape index (κ1) is 23.6. The summed E-state index contributed by atoms with van der Waals surface area (Å²) < 4.78 is 13.4. The predicted molar refractivity (Wildman–Crippen MR) is 121 cm³/mol. The van der Waals surface area contributed by atoms with Crippen molar-refractivity contribution in [1.82, 2.24) is 10.2 Å². The summed E-state index contributed by atoms with van der Waals surface area (Å²) in [6, 6.07) is 11.9. The van der Waals surface area contributed by atoms with E-state index in [1.165, 1.54) is 17.0 Å². The first-order valence-electron chi connectivity index (χ1n) is 10.5. The van der Waals surface area contributed by atoms with Crippen molar-refractivity contribution in [3.8, 4) is 0 Å². The monoisotopic (exact) mass is 464 g/mol. The van der Waals surface area contributed by atoms with Gasteiger partial charge in [0.1, 0.15) is 17.7 Å². The van der Waals surface area contributed by atoms with Crippen LogP contribution in [0.5, 0.6) is 0 Å². The lowest BCUT2D eigenvalue weighted by Crippen LogP contribution is -2.49. The molecule has 0 aromatic heterocycles. The van der Waals surface area contributed by atoms with Gasteiger partial charge in [0.25, 0.3) is 0 Å². The highest BCUT2D eigenvalue weighted by atomic mass is 35.5. The number of hydrogen-bond acceptors (Lipinski definition) is 2. The second-order valence-corrected chi connectivity index (χ2v) is 8.82. The maximum Gasteiger partial charge on any atom is 0.247 e. The molecule has 2 aromatic rings. The zero-order valence-electron chi connectivity index (χ0n) is 17.5. The Hall–Kier alpha value is -2.11. The zero-order chi connectivity index (χ0) is 22.4. The normalized spacial score (nSPS) is 19.5. The SMILES string of the molecule is C[C@@H]1CCCC[C@@H]1NC(=O)[C@@H](c1ccc(Cl)cc1)N(Cc1ccc(F)cc1)C(=O)CCl. The fraction of sp³-hybridized carbons (Fsp3) is 0.417. The molecule has 2 aromatic carbocycles. The maximum absolute atomic E-state index is 13.5. The van der Waals surface area contributed by atoms with E-state index in [0.29, 0.717) is 22.1 Å². The van der Waals surface area contributed by atoms with E-state index in [-0.39, 0.29) is 36.1 Å². The van der Waals surface area contributed by atoms with Gasteiger partial charge in [-0.05, 0) is 54.2 Å². The standard InChI is InChI=1S/C24H27Cl2FN2O2/c1-16-4-2-3-5-21(16)28-24(31)23(18-8-10-19(26)11-9-18)29(22(30)14-25)15-17-6-12-20(27)13-7-17/h6-13,16,21,23H,2-5,14-15H2,1H3,(H,28,31)/t16-,21+,23-/m1/s1. The van der Waals surface area contributed by atoms with Crippen LogP contribution in [-0.4, -0.2) is 28.6 Å². The van der Waals surface area contributed by atoms with E-state index in [4.69, 9.17) is 23.2 Å². The van der Waals surface area contributed by atoms with Gasteiger partial charge in [0.15, 0.2) is 0 Å². The number of hydrogen-bond donors (Lipinski definition) is 1. The molecule has 1 aliphatic carbocycles. The van der Waals surface area contributed by atoms with Gasteiger partial charge in [-0.2, -0.15) is 0 Å². The van der Waals surface area contributed by atoms with Crippen molar-refractivity contribution in [3.63, 3.8) is 0 Å². The quantitative estimate of drug-likeness (QED) is 0.551. The molecule has 0 aliphatic heterocycles. The number of nitrogens with one attached hydrogen (secondary N) is 1. The molecule has 1 aliphatic rings. The summed E-state index contributed by atoms with van der Waals surface area (Å²) in [6.45, 7) is 2.27. The van der Waals surface area contributed by atoms with Crippen LogP contribution in [0, 0.1) is 11.7 Å². The lowest BCUT2D eigenvalue weighted by molar-refractivity contribution is -0.140. The largest absolute Gasteiger partial charge is 0.351 e. The van der Waals surface area contributed by atoms with Gasteiger partial charge >= 0.3 is 0 Å². The Morgan fingerprint density at radius 3 is 2.35 bits per heavy atom. The van der Waals surface area contributed by atoms with E-state index in [0.717, 1.165) is 25.7 Å². The first-order chi connectivity index (χ1) is 14.9. The summed E-state index contributed by atoms with van der Waals surface area (Å²) in [5.41, 5.74) is 1.35. The molecular weight excluding hydrogens is 438 g/mol. The summed E-state index contributed by atoms with van der Waals surface area (Å²) in [4.78, 5) is 27.8. The molecule has 0 saturated heterocycles. The molecule has 31 heavy (non-hydrogen) atoms. The number of nitrogens with zero attached hydrogens (tertiary/aromatic N) is 1. The summed E-state index contributed by atoms with van der Waals surface area (Å²) >= 11 is 12.0. The number of alkyl halides is 1. The molecule has 3 rings (SSSR count). The fourth-order valence-electron chi connectivity index (χ4n) is 4.10. The minimum Gasteiger partial charge on any atom is -0.351 e. The Balaban J connectivity index is 1.94. The summed E-state index contributed by atoms with van der Waals surface area (Å²) in [6.07, 6.45) is 4.22. The van der Waals surface area contributed by atoms with Crippen LogP contribution in [-0.2, 0) is 16.1 Å². The molecule has 166 valence electrons. The average Bonchev–Trinajstić information content (AvgIpc) is 2.77. The summed E-state index contributed by atoms with van der Waals surface area (Å²) in [7, 11) is 0. The Bertz CT molecular complexity index is 889. The summed E-state index contributed by atoms with van der Waals surface area (Å²) in [5, 5.41) is 3.71. The van der Waals surface area contributed by atoms with Gasteiger partial charge in [0, 0.05) is 17.6 Å². The third-order valence-corrected chi connectivity index (χ3v) is 6.37. The van der Waals surface area contributed by atoms with Crippen LogP contribution in [0.15, 0.2) is 48.5 Å². The smallest absolute Gasteiger partial charge is 0.247 e.